The van der Waals surface area contributed by atoms with Crippen LogP contribution in [0.3, 0.4) is 0 Å². The van der Waals surface area contributed by atoms with Gasteiger partial charge < -0.3 is 9.47 Å². The molecule has 0 aliphatic carbocycles. The van der Waals surface area contributed by atoms with Crippen molar-refractivity contribution in [2.24, 2.45) is 5.14 Å². The van der Waals surface area contributed by atoms with Gasteiger partial charge >= 0.3 is 5.97 Å². The second-order valence-electron chi connectivity index (χ2n) is 5.80. The van der Waals surface area contributed by atoms with Crippen molar-refractivity contribution in [2.75, 3.05) is 17.5 Å². The third-order valence-corrected chi connectivity index (χ3v) is 5.60. The Bertz CT molecular complexity index is 954. The fourth-order valence-corrected chi connectivity index (χ4v) is 3.42. The van der Waals surface area contributed by atoms with Crippen LogP contribution in [0.25, 0.3) is 0 Å². The molecule has 0 aromatic heterocycles. The maximum Gasteiger partial charge on any atom is 0.326 e. The van der Waals surface area contributed by atoms with Crippen molar-refractivity contribution in [2.45, 2.75) is 20.5 Å². The van der Waals surface area contributed by atoms with Gasteiger partial charge in [-0.3, -0.25) is 4.79 Å². The van der Waals surface area contributed by atoms with Crippen LogP contribution in [0.2, 0.25) is 0 Å². The number of anilines is 1. The second kappa shape index (κ2) is 9.35. The van der Waals surface area contributed by atoms with E-state index >= 15 is 4.39 Å². The Morgan fingerprint density at radius 2 is 1.93 bits per heavy atom. The van der Waals surface area contributed by atoms with E-state index in [0.29, 0.717) is 9.87 Å². The molecule has 7 nitrogen and oxygen atoms in total. The summed E-state index contributed by atoms with van der Waals surface area (Å²) in [4.78, 5) is 11.9. The highest BCUT2D eigenvalue weighted by atomic mass is 79.9. The van der Waals surface area contributed by atoms with Crippen molar-refractivity contribution in [3.05, 3.63) is 57.8 Å². The van der Waals surface area contributed by atoms with Crippen LogP contribution in [0, 0.1) is 12.7 Å². The number of aryl methyl sites for hydroxylation is 1. The number of ether oxygens (including phenoxy) is 2. The number of hydrogen-bond donors (Lipinski definition) is 1. The Kier molecular flexibility index (Phi) is 7.39. The molecular weight excluding hydrogens is 455 g/mol. The molecule has 10 heteroatoms. The van der Waals surface area contributed by atoms with E-state index in [4.69, 9.17) is 14.6 Å². The molecular formula is C18H20BrFN2O5S. The lowest BCUT2D eigenvalue weighted by Crippen LogP contribution is -2.41. The minimum atomic E-state index is -4.50. The fraction of sp³-hybridized carbons (Fsp3) is 0.278. The van der Waals surface area contributed by atoms with Gasteiger partial charge in [-0.15, -0.1) is 0 Å². The number of benzene rings is 2. The van der Waals surface area contributed by atoms with Crippen molar-refractivity contribution < 1.29 is 27.1 Å². The molecule has 0 unspecified atom stereocenters. The van der Waals surface area contributed by atoms with E-state index in [1.807, 2.05) is 18.2 Å². The zero-order valence-corrected chi connectivity index (χ0v) is 17.7. The molecule has 0 fully saturated rings. The molecule has 0 bridgehead atoms. The number of nitrogens with two attached hydrogens (primary N) is 1. The monoisotopic (exact) mass is 474 g/mol. The first-order valence-electron chi connectivity index (χ1n) is 8.26. The van der Waals surface area contributed by atoms with E-state index in [-0.39, 0.29) is 23.4 Å². The minimum absolute atomic E-state index is 0.0343. The standard InChI is InChI=1S/C18H20BrFN2O5S/c1-3-26-15(23)10-22(28(21,24)25)18-14(9-12(2)16(19)17(18)20)27-11-13-7-5-4-6-8-13/h4-9H,3,10-11H2,1-2H3,(H2,21,24,25). The van der Waals surface area contributed by atoms with Crippen LogP contribution in [-0.2, 0) is 26.3 Å². The number of carbonyl (C=O) groups excluding carboxylic acids is 1. The molecule has 0 aliphatic heterocycles. The van der Waals surface area contributed by atoms with Crippen molar-refractivity contribution >= 4 is 37.8 Å². The first-order valence-corrected chi connectivity index (χ1v) is 10.6. The summed E-state index contributed by atoms with van der Waals surface area (Å²) in [5.41, 5.74) is 0.806. The summed E-state index contributed by atoms with van der Waals surface area (Å²) in [5.74, 6) is -1.86. The Morgan fingerprint density at radius 1 is 1.29 bits per heavy atom. The van der Waals surface area contributed by atoms with Gasteiger partial charge in [0.15, 0.2) is 5.82 Å². The van der Waals surface area contributed by atoms with E-state index < -0.39 is 34.2 Å². The Hall–Kier alpha value is -2.17. The SMILES string of the molecule is CCOC(=O)CN(c1c(OCc2ccccc2)cc(C)c(Br)c1F)S(N)(=O)=O. The van der Waals surface area contributed by atoms with Gasteiger partial charge in [0.2, 0.25) is 0 Å². The largest absolute Gasteiger partial charge is 0.487 e. The Morgan fingerprint density at radius 3 is 2.50 bits per heavy atom. The van der Waals surface area contributed by atoms with Gasteiger partial charge in [0.25, 0.3) is 10.2 Å². The van der Waals surface area contributed by atoms with E-state index in [1.165, 1.54) is 6.07 Å². The van der Waals surface area contributed by atoms with Crippen LogP contribution in [-0.4, -0.2) is 27.5 Å². The molecule has 0 saturated carbocycles. The van der Waals surface area contributed by atoms with Gasteiger partial charge in [-0.1, -0.05) is 30.3 Å². The second-order valence-corrected chi connectivity index (χ2v) is 8.06. The molecule has 2 N–H and O–H groups in total. The van der Waals surface area contributed by atoms with Crippen molar-refractivity contribution in [1.29, 1.82) is 0 Å². The zero-order valence-electron chi connectivity index (χ0n) is 15.3. The number of halogens is 2. The van der Waals surface area contributed by atoms with E-state index in [2.05, 4.69) is 15.9 Å². The smallest absolute Gasteiger partial charge is 0.326 e. The third-order valence-electron chi connectivity index (χ3n) is 3.70. The van der Waals surface area contributed by atoms with E-state index in [0.717, 1.165) is 5.56 Å². The highest BCUT2D eigenvalue weighted by molar-refractivity contribution is 9.10. The van der Waals surface area contributed by atoms with Crippen LogP contribution in [0.5, 0.6) is 5.75 Å². The van der Waals surface area contributed by atoms with Gasteiger partial charge in [0.05, 0.1) is 11.1 Å². The Balaban J connectivity index is 2.51. The van der Waals surface area contributed by atoms with Crippen molar-refractivity contribution in [3.63, 3.8) is 0 Å². The van der Waals surface area contributed by atoms with Crippen LogP contribution in [0.4, 0.5) is 10.1 Å². The minimum Gasteiger partial charge on any atom is -0.487 e. The average molecular weight is 475 g/mol. The summed E-state index contributed by atoms with van der Waals surface area (Å²) in [5, 5.41) is 5.24. The molecule has 28 heavy (non-hydrogen) atoms. The summed E-state index contributed by atoms with van der Waals surface area (Å²) in [6, 6.07) is 10.5. The molecule has 0 atom stereocenters. The van der Waals surface area contributed by atoms with Gasteiger partial charge in [0.1, 0.15) is 24.6 Å². The topological polar surface area (TPSA) is 98.9 Å². The normalized spacial score (nSPS) is 11.2. The van der Waals surface area contributed by atoms with Crippen LogP contribution < -0.4 is 14.2 Å². The van der Waals surface area contributed by atoms with Crippen molar-refractivity contribution in [1.82, 2.24) is 0 Å². The molecule has 0 saturated heterocycles. The summed E-state index contributed by atoms with van der Waals surface area (Å²) >= 11 is 3.08. The van der Waals surface area contributed by atoms with Gasteiger partial charge in [0, 0.05) is 0 Å². The quantitative estimate of drug-likeness (QED) is 0.592. The molecule has 2 rings (SSSR count). The lowest BCUT2D eigenvalue weighted by molar-refractivity contribution is -0.141. The molecule has 152 valence electrons. The first-order chi connectivity index (χ1) is 13.1. The third kappa shape index (κ3) is 5.43. The number of nitrogens with zero attached hydrogens (tertiary/aromatic N) is 1. The number of carbonyl (C=O) groups is 1. The summed E-state index contributed by atoms with van der Waals surface area (Å²) < 4.78 is 50.2. The molecule has 2 aromatic rings. The summed E-state index contributed by atoms with van der Waals surface area (Å²) in [6.45, 7) is 2.50. The maximum atomic E-state index is 15.0. The maximum absolute atomic E-state index is 15.0. The van der Waals surface area contributed by atoms with Crippen LogP contribution in [0.1, 0.15) is 18.1 Å². The Labute approximate surface area is 171 Å². The highest BCUT2D eigenvalue weighted by Gasteiger charge is 2.30. The molecule has 0 heterocycles. The zero-order chi connectivity index (χ0) is 20.9. The molecule has 0 aliphatic rings. The van der Waals surface area contributed by atoms with E-state index in [9.17, 15) is 13.2 Å². The molecule has 2 aromatic carbocycles. The van der Waals surface area contributed by atoms with E-state index in [1.54, 1.807) is 26.0 Å². The molecule has 0 spiro atoms. The van der Waals surface area contributed by atoms with Crippen LogP contribution >= 0.6 is 15.9 Å². The van der Waals surface area contributed by atoms with Gasteiger partial charge in [-0.2, -0.15) is 8.42 Å². The van der Waals surface area contributed by atoms with Crippen LogP contribution in [0.15, 0.2) is 40.9 Å². The number of rotatable bonds is 8. The summed E-state index contributed by atoms with van der Waals surface area (Å²) in [6.07, 6.45) is 0. The number of esters is 1. The van der Waals surface area contributed by atoms with Gasteiger partial charge in [-0.25, -0.2) is 13.8 Å². The lowest BCUT2D eigenvalue weighted by atomic mass is 10.2. The fourth-order valence-electron chi connectivity index (χ4n) is 2.41. The first kappa shape index (κ1) is 22.1. The average Bonchev–Trinajstić information content (AvgIpc) is 2.63. The van der Waals surface area contributed by atoms with Gasteiger partial charge in [-0.05, 0) is 47.0 Å². The highest BCUT2D eigenvalue weighted by Crippen LogP contribution is 2.39. The van der Waals surface area contributed by atoms with Crippen molar-refractivity contribution in [3.8, 4) is 5.75 Å². The predicted molar refractivity (Wildman–Crippen MR) is 107 cm³/mol. The molecule has 0 amide bonds. The molecule has 0 radical (unpaired) electrons. The number of hydrogen-bond acceptors (Lipinski definition) is 5. The lowest BCUT2D eigenvalue weighted by Gasteiger charge is -2.25. The summed E-state index contributed by atoms with van der Waals surface area (Å²) in [7, 11) is -4.50. The predicted octanol–water partition coefficient (Wildman–Crippen LogP) is 3.05.